The first-order valence-electron chi connectivity index (χ1n) is 7.41. The number of rotatable bonds is 5. The van der Waals surface area contributed by atoms with Gasteiger partial charge in [0.25, 0.3) is 0 Å². The van der Waals surface area contributed by atoms with Crippen LogP contribution in [0.3, 0.4) is 0 Å². The summed E-state index contributed by atoms with van der Waals surface area (Å²) in [5.41, 5.74) is 1.03. The summed E-state index contributed by atoms with van der Waals surface area (Å²) in [6.45, 7) is 5.99. The minimum Gasteiger partial charge on any atom is -0.359 e. The van der Waals surface area contributed by atoms with Gasteiger partial charge in [0.05, 0.1) is 11.6 Å². The van der Waals surface area contributed by atoms with Crippen molar-refractivity contribution in [1.82, 2.24) is 15.0 Å². The van der Waals surface area contributed by atoms with Crippen molar-refractivity contribution >= 4 is 28.8 Å². The maximum absolute atomic E-state index is 12.2. The van der Waals surface area contributed by atoms with Crippen molar-refractivity contribution in [2.24, 2.45) is 0 Å². The second kappa shape index (κ2) is 7.36. The summed E-state index contributed by atoms with van der Waals surface area (Å²) in [5.74, 6) is -0.755. The Hall–Kier alpha value is -2.22. The summed E-state index contributed by atoms with van der Waals surface area (Å²) >= 11 is 1.54. The molecule has 0 bridgehead atoms. The number of likely N-dealkylation sites (N-methyl/N-ethyl adjacent to an activating group) is 1. The van der Waals surface area contributed by atoms with Crippen LogP contribution >= 0.6 is 11.3 Å². The maximum atomic E-state index is 12.2. The van der Waals surface area contributed by atoms with Gasteiger partial charge in [-0.3, -0.25) is 9.59 Å². The molecule has 0 aliphatic heterocycles. The van der Waals surface area contributed by atoms with Gasteiger partial charge in [-0.2, -0.15) is 0 Å². The largest absolute Gasteiger partial charge is 0.359 e. The minimum atomic E-state index is -0.700. The topological polar surface area (TPSA) is 88.3 Å². The van der Waals surface area contributed by atoms with Gasteiger partial charge in [-0.25, -0.2) is 4.98 Å². The molecule has 23 heavy (non-hydrogen) atoms. The van der Waals surface area contributed by atoms with E-state index in [9.17, 15) is 9.59 Å². The SMILES string of the molecule is CCc1ncc(CN(C)C(=O)C(=O)Nc2c(C)noc2CC)s1. The first-order chi connectivity index (χ1) is 11.0. The molecule has 0 fully saturated rings. The number of amides is 2. The number of hydrogen-bond donors (Lipinski definition) is 1. The molecule has 0 unspecified atom stereocenters. The van der Waals surface area contributed by atoms with Gasteiger partial charge in [0, 0.05) is 24.5 Å². The van der Waals surface area contributed by atoms with E-state index in [1.54, 1.807) is 31.5 Å². The lowest BCUT2D eigenvalue weighted by Gasteiger charge is -2.15. The van der Waals surface area contributed by atoms with Crippen LogP contribution < -0.4 is 5.32 Å². The maximum Gasteiger partial charge on any atom is 0.314 e. The molecule has 2 heterocycles. The van der Waals surface area contributed by atoms with Gasteiger partial charge in [-0.15, -0.1) is 11.3 Å². The third-order valence-corrected chi connectivity index (χ3v) is 4.46. The highest BCUT2D eigenvalue weighted by Crippen LogP contribution is 2.20. The molecular weight excluding hydrogens is 316 g/mol. The summed E-state index contributed by atoms with van der Waals surface area (Å²) < 4.78 is 5.10. The highest BCUT2D eigenvalue weighted by atomic mass is 32.1. The van der Waals surface area contributed by atoms with Crippen LogP contribution in [0.1, 0.15) is 35.2 Å². The molecule has 0 aliphatic carbocycles. The monoisotopic (exact) mass is 336 g/mol. The summed E-state index contributed by atoms with van der Waals surface area (Å²) in [5, 5.41) is 7.41. The molecule has 7 nitrogen and oxygen atoms in total. The molecule has 0 atom stereocenters. The Balaban J connectivity index is 2.01. The van der Waals surface area contributed by atoms with Crippen LogP contribution in [0.5, 0.6) is 0 Å². The Morgan fingerprint density at radius 2 is 2.09 bits per heavy atom. The minimum absolute atomic E-state index is 0.354. The first-order valence-corrected chi connectivity index (χ1v) is 8.23. The second-order valence-corrected chi connectivity index (χ2v) is 6.31. The first kappa shape index (κ1) is 17.1. The lowest BCUT2D eigenvalue weighted by molar-refractivity contribution is -0.142. The van der Waals surface area contributed by atoms with Crippen molar-refractivity contribution in [3.63, 3.8) is 0 Å². The molecule has 2 aromatic heterocycles. The predicted octanol–water partition coefficient (Wildman–Crippen LogP) is 2.16. The van der Waals surface area contributed by atoms with E-state index in [0.717, 1.165) is 16.3 Å². The van der Waals surface area contributed by atoms with Gasteiger partial charge < -0.3 is 14.7 Å². The molecule has 0 saturated carbocycles. The number of anilines is 1. The van der Waals surface area contributed by atoms with Crippen LogP contribution in [0.15, 0.2) is 10.7 Å². The Morgan fingerprint density at radius 3 is 2.70 bits per heavy atom. The van der Waals surface area contributed by atoms with Crippen LogP contribution in [0.4, 0.5) is 5.69 Å². The van der Waals surface area contributed by atoms with Crippen molar-refractivity contribution in [2.75, 3.05) is 12.4 Å². The molecule has 2 amide bonds. The fourth-order valence-corrected chi connectivity index (χ4v) is 2.96. The molecule has 2 rings (SSSR count). The Labute approximate surface area is 138 Å². The van der Waals surface area contributed by atoms with Gasteiger partial charge in [0.15, 0.2) is 5.76 Å². The number of hydrogen-bond acceptors (Lipinski definition) is 6. The summed E-state index contributed by atoms with van der Waals surface area (Å²) in [6, 6.07) is 0. The Bertz CT molecular complexity index is 707. The average molecular weight is 336 g/mol. The van der Waals surface area contributed by atoms with Gasteiger partial charge in [-0.1, -0.05) is 19.0 Å². The fourth-order valence-electron chi connectivity index (χ4n) is 2.05. The van der Waals surface area contributed by atoms with Crippen LogP contribution in [0.25, 0.3) is 0 Å². The zero-order valence-corrected chi connectivity index (χ0v) is 14.5. The lowest BCUT2D eigenvalue weighted by atomic mass is 10.2. The quantitative estimate of drug-likeness (QED) is 0.845. The molecule has 0 saturated heterocycles. The van der Waals surface area contributed by atoms with E-state index in [0.29, 0.717) is 30.1 Å². The van der Waals surface area contributed by atoms with E-state index in [4.69, 9.17) is 4.52 Å². The number of nitrogens with zero attached hydrogens (tertiary/aromatic N) is 3. The normalized spacial score (nSPS) is 10.6. The molecule has 0 aliphatic rings. The van der Waals surface area contributed by atoms with Crippen molar-refractivity contribution in [1.29, 1.82) is 0 Å². The van der Waals surface area contributed by atoms with Crippen LogP contribution in [0.2, 0.25) is 0 Å². The van der Waals surface area contributed by atoms with E-state index < -0.39 is 11.8 Å². The number of nitrogens with one attached hydrogen (secondary N) is 1. The molecule has 8 heteroatoms. The van der Waals surface area contributed by atoms with Gasteiger partial charge in [0.2, 0.25) is 0 Å². The standard InChI is InChI=1S/C15H20N4O3S/c1-5-11-13(9(3)18-22-11)17-14(20)15(21)19(4)8-10-7-16-12(6-2)23-10/h7H,5-6,8H2,1-4H3,(H,17,20). The van der Waals surface area contributed by atoms with E-state index in [2.05, 4.69) is 15.5 Å². The molecular formula is C15H20N4O3S. The number of carbonyl (C=O) groups is 2. The molecule has 0 aromatic carbocycles. The molecule has 2 aromatic rings. The van der Waals surface area contributed by atoms with Crippen LogP contribution in [0, 0.1) is 6.92 Å². The van der Waals surface area contributed by atoms with Crippen molar-refractivity contribution < 1.29 is 14.1 Å². The highest BCUT2D eigenvalue weighted by Gasteiger charge is 2.23. The third kappa shape index (κ3) is 3.95. The van der Waals surface area contributed by atoms with E-state index >= 15 is 0 Å². The van der Waals surface area contributed by atoms with E-state index in [1.165, 1.54) is 4.90 Å². The smallest absolute Gasteiger partial charge is 0.314 e. The van der Waals surface area contributed by atoms with Gasteiger partial charge >= 0.3 is 11.8 Å². The number of thiazole rings is 1. The fraction of sp³-hybridized carbons (Fsp3) is 0.467. The van der Waals surface area contributed by atoms with Gasteiger partial charge in [-0.05, 0) is 13.3 Å². The zero-order chi connectivity index (χ0) is 17.0. The molecule has 124 valence electrons. The van der Waals surface area contributed by atoms with E-state index in [-0.39, 0.29) is 0 Å². The Kier molecular flexibility index (Phi) is 5.49. The molecule has 0 radical (unpaired) electrons. The zero-order valence-electron chi connectivity index (χ0n) is 13.7. The lowest BCUT2D eigenvalue weighted by Crippen LogP contribution is -2.36. The van der Waals surface area contributed by atoms with Crippen LogP contribution in [-0.4, -0.2) is 33.9 Å². The highest BCUT2D eigenvalue weighted by molar-refractivity contribution is 7.11. The Morgan fingerprint density at radius 1 is 1.35 bits per heavy atom. The third-order valence-electron chi connectivity index (χ3n) is 3.33. The summed E-state index contributed by atoms with van der Waals surface area (Å²) in [6.07, 6.45) is 3.18. The van der Waals surface area contributed by atoms with E-state index in [1.807, 2.05) is 13.8 Å². The number of carbonyl (C=O) groups excluding carboxylic acids is 2. The van der Waals surface area contributed by atoms with Crippen molar-refractivity contribution in [3.05, 3.63) is 27.5 Å². The molecule has 0 spiro atoms. The molecule has 1 N–H and O–H groups in total. The second-order valence-electron chi connectivity index (χ2n) is 5.11. The van der Waals surface area contributed by atoms with Crippen molar-refractivity contribution in [2.45, 2.75) is 40.2 Å². The predicted molar refractivity (Wildman–Crippen MR) is 87.2 cm³/mol. The van der Waals surface area contributed by atoms with Crippen LogP contribution in [-0.2, 0) is 29.0 Å². The van der Waals surface area contributed by atoms with Crippen molar-refractivity contribution in [3.8, 4) is 0 Å². The summed E-state index contributed by atoms with van der Waals surface area (Å²) in [4.78, 5) is 30.9. The summed E-state index contributed by atoms with van der Waals surface area (Å²) in [7, 11) is 1.59. The average Bonchev–Trinajstić information content (AvgIpc) is 3.13. The number of aryl methyl sites for hydroxylation is 3. The number of aromatic nitrogens is 2. The van der Waals surface area contributed by atoms with Gasteiger partial charge in [0.1, 0.15) is 11.4 Å².